The predicted molar refractivity (Wildman–Crippen MR) is 76.7 cm³/mol. The van der Waals surface area contributed by atoms with Gasteiger partial charge in [0.05, 0.1) is 0 Å². The smallest absolute Gasteiger partial charge is 0.0406 e. The first kappa shape index (κ1) is 13.2. The molecule has 0 spiro atoms. The van der Waals surface area contributed by atoms with Crippen LogP contribution >= 0.6 is 11.6 Å². The molecule has 0 saturated carbocycles. The summed E-state index contributed by atoms with van der Waals surface area (Å²) in [6.07, 6.45) is 5.52. The van der Waals surface area contributed by atoms with Crippen molar-refractivity contribution >= 4 is 11.6 Å². The molecule has 1 heterocycles. The first-order chi connectivity index (χ1) is 8.78. The van der Waals surface area contributed by atoms with E-state index in [1.54, 1.807) is 0 Å². The quantitative estimate of drug-likeness (QED) is 0.837. The normalized spacial score (nSPS) is 10.8. The molecule has 96 valence electrons. The van der Waals surface area contributed by atoms with Crippen molar-refractivity contribution in [3.8, 4) is 0 Å². The van der Waals surface area contributed by atoms with Crippen LogP contribution in [0, 0.1) is 0 Å². The minimum Gasteiger partial charge on any atom is -0.354 e. The summed E-state index contributed by atoms with van der Waals surface area (Å²) >= 11 is 5.85. The molecule has 0 fully saturated rings. The predicted octanol–water partition coefficient (Wildman–Crippen LogP) is 3.84. The third-order valence-corrected chi connectivity index (χ3v) is 3.12. The highest BCUT2D eigenvalue weighted by atomic mass is 35.5. The highest BCUT2D eigenvalue weighted by molar-refractivity contribution is 6.30. The lowest BCUT2D eigenvalue weighted by Gasteiger charge is -2.04. The van der Waals surface area contributed by atoms with Gasteiger partial charge in [0, 0.05) is 37.1 Å². The zero-order valence-corrected chi connectivity index (χ0v) is 11.5. The fourth-order valence-corrected chi connectivity index (χ4v) is 2.07. The number of aromatic nitrogens is 1. The molecular weight excluding hydrogens is 244 g/mol. The maximum Gasteiger partial charge on any atom is 0.0406 e. The van der Waals surface area contributed by atoms with Gasteiger partial charge in [-0.05, 0) is 35.7 Å². The molecule has 0 amide bonds. The third-order valence-electron chi connectivity index (χ3n) is 2.87. The van der Waals surface area contributed by atoms with Crippen LogP contribution in [0.4, 0.5) is 0 Å². The van der Waals surface area contributed by atoms with Crippen LogP contribution in [0.2, 0.25) is 5.02 Å². The highest BCUT2D eigenvalue weighted by Crippen LogP contribution is 2.09. The Balaban J connectivity index is 1.79. The van der Waals surface area contributed by atoms with Crippen molar-refractivity contribution in [2.75, 3.05) is 0 Å². The Morgan fingerprint density at radius 3 is 2.50 bits per heavy atom. The SMILES string of the molecule is CCCn1ccc(CNCc2ccc(Cl)cc2)c1. The monoisotopic (exact) mass is 262 g/mol. The van der Waals surface area contributed by atoms with Crippen molar-refractivity contribution in [2.45, 2.75) is 33.0 Å². The molecule has 0 aliphatic carbocycles. The molecule has 0 atom stereocenters. The lowest BCUT2D eigenvalue weighted by Crippen LogP contribution is -2.12. The lowest BCUT2D eigenvalue weighted by molar-refractivity contribution is 0.668. The molecule has 2 rings (SSSR count). The Labute approximate surface area is 114 Å². The van der Waals surface area contributed by atoms with Crippen LogP contribution in [0.25, 0.3) is 0 Å². The molecule has 2 aromatic rings. The maximum atomic E-state index is 5.85. The lowest BCUT2D eigenvalue weighted by atomic mass is 10.2. The van der Waals surface area contributed by atoms with Gasteiger partial charge in [0.25, 0.3) is 0 Å². The molecule has 1 aromatic carbocycles. The molecule has 0 aliphatic rings. The molecule has 2 nitrogen and oxygen atoms in total. The summed E-state index contributed by atoms with van der Waals surface area (Å²) in [5.41, 5.74) is 2.59. The van der Waals surface area contributed by atoms with E-state index in [0.717, 1.165) is 24.7 Å². The van der Waals surface area contributed by atoms with E-state index in [1.807, 2.05) is 12.1 Å². The second-order valence-electron chi connectivity index (χ2n) is 4.49. The van der Waals surface area contributed by atoms with Gasteiger partial charge in [0.15, 0.2) is 0 Å². The van der Waals surface area contributed by atoms with Crippen LogP contribution < -0.4 is 5.32 Å². The number of hydrogen-bond acceptors (Lipinski definition) is 1. The van der Waals surface area contributed by atoms with Gasteiger partial charge >= 0.3 is 0 Å². The van der Waals surface area contributed by atoms with Gasteiger partial charge in [-0.25, -0.2) is 0 Å². The van der Waals surface area contributed by atoms with Crippen molar-refractivity contribution in [3.05, 3.63) is 58.9 Å². The van der Waals surface area contributed by atoms with Crippen molar-refractivity contribution in [3.63, 3.8) is 0 Å². The molecule has 18 heavy (non-hydrogen) atoms. The Morgan fingerprint density at radius 1 is 1.06 bits per heavy atom. The number of aryl methyl sites for hydroxylation is 1. The standard InChI is InChI=1S/C15H19ClN2/c1-2-8-18-9-7-14(12-18)11-17-10-13-3-5-15(16)6-4-13/h3-7,9,12,17H,2,8,10-11H2,1H3. The number of benzene rings is 1. The largest absolute Gasteiger partial charge is 0.354 e. The number of nitrogens with zero attached hydrogens (tertiary/aromatic N) is 1. The van der Waals surface area contributed by atoms with E-state index in [-0.39, 0.29) is 0 Å². The zero-order valence-electron chi connectivity index (χ0n) is 10.7. The van der Waals surface area contributed by atoms with Crippen LogP contribution in [-0.4, -0.2) is 4.57 Å². The summed E-state index contributed by atoms with van der Waals surface area (Å²) in [6.45, 7) is 5.06. The van der Waals surface area contributed by atoms with Crippen LogP contribution in [0.1, 0.15) is 24.5 Å². The van der Waals surface area contributed by atoms with E-state index < -0.39 is 0 Å². The van der Waals surface area contributed by atoms with Gasteiger partial charge < -0.3 is 9.88 Å². The van der Waals surface area contributed by atoms with Crippen LogP contribution in [0.3, 0.4) is 0 Å². The molecule has 1 N–H and O–H groups in total. The third kappa shape index (κ3) is 3.90. The molecule has 0 radical (unpaired) electrons. The van der Waals surface area contributed by atoms with E-state index in [2.05, 4.69) is 47.4 Å². The van der Waals surface area contributed by atoms with Crippen LogP contribution in [0.5, 0.6) is 0 Å². The van der Waals surface area contributed by atoms with E-state index in [0.29, 0.717) is 0 Å². The van der Waals surface area contributed by atoms with Crippen molar-refractivity contribution in [1.29, 1.82) is 0 Å². The fraction of sp³-hybridized carbons (Fsp3) is 0.333. The molecule has 0 bridgehead atoms. The maximum absolute atomic E-state index is 5.85. The van der Waals surface area contributed by atoms with E-state index in [9.17, 15) is 0 Å². The summed E-state index contributed by atoms with van der Waals surface area (Å²) in [5.74, 6) is 0. The fourth-order valence-electron chi connectivity index (χ4n) is 1.95. The molecule has 3 heteroatoms. The van der Waals surface area contributed by atoms with Crippen LogP contribution in [0.15, 0.2) is 42.7 Å². The summed E-state index contributed by atoms with van der Waals surface area (Å²) in [7, 11) is 0. The van der Waals surface area contributed by atoms with Gasteiger partial charge in [-0.3, -0.25) is 0 Å². The number of nitrogens with one attached hydrogen (secondary N) is 1. The van der Waals surface area contributed by atoms with Crippen molar-refractivity contribution in [1.82, 2.24) is 9.88 Å². The summed E-state index contributed by atoms with van der Waals surface area (Å²) in [4.78, 5) is 0. The Hall–Kier alpha value is -1.25. The van der Waals surface area contributed by atoms with Crippen LogP contribution in [-0.2, 0) is 19.6 Å². The first-order valence-electron chi connectivity index (χ1n) is 6.37. The average Bonchev–Trinajstić information content (AvgIpc) is 2.80. The minimum absolute atomic E-state index is 0.787. The molecule has 1 aromatic heterocycles. The Kier molecular flexibility index (Phi) is 4.85. The minimum atomic E-state index is 0.787. The zero-order chi connectivity index (χ0) is 12.8. The average molecular weight is 263 g/mol. The van der Waals surface area contributed by atoms with Gasteiger partial charge in [0.1, 0.15) is 0 Å². The summed E-state index contributed by atoms with van der Waals surface area (Å²) < 4.78 is 2.24. The molecule has 0 saturated heterocycles. The van der Waals surface area contributed by atoms with Gasteiger partial charge in [-0.15, -0.1) is 0 Å². The summed E-state index contributed by atoms with van der Waals surface area (Å²) in [6, 6.07) is 10.1. The number of rotatable bonds is 6. The molecule has 0 aliphatic heterocycles. The van der Waals surface area contributed by atoms with E-state index in [4.69, 9.17) is 11.6 Å². The first-order valence-corrected chi connectivity index (χ1v) is 6.75. The molecular formula is C15H19ClN2. The Morgan fingerprint density at radius 2 is 1.78 bits per heavy atom. The van der Waals surface area contributed by atoms with E-state index in [1.165, 1.54) is 17.5 Å². The molecule has 0 unspecified atom stereocenters. The highest BCUT2D eigenvalue weighted by Gasteiger charge is 1.97. The van der Waals surface area contributed by atoms with Gasteiger partial charge in [-0.1, -0.05) is 30.7 Å². The topological polar surface area (TPSA) is 17.0 Å². The van der Waals surface area contributed by atoms with Crippen molar-refractivity contribution < 1.29 is 0 Å². The van der Waals surface area contributed by atoms with Gasteiger partial charge in [0.2, 0.25) is 0 Å². The Bertz CT molecular complexity index is 473. The van der Waals surface area contributed by atoms with E-state index >= 15 is 0 Å². The van der Waals surface area contributed by atoms with Gasteiger partial charge in [-0.2, -0.15) is 0 Å². The number of halogens is 1. The number of hydrogen-bond donors (Lipinski definition) is 1. The van der Waals surface area contributed by atoms with Crippen molar-refractivity contribution in [2.24, 2.45) is 0 Å². The second-order valence-corrected chi connectivity index (χ2v) is 4.92. The second kappa shape index (κ2) is 6.62. The summed E-state index contributed by atoms with van der Waals surface area (Å²) in [5, 5.41) is 4.22.